The number of nitrogens with zero attached hydrogens (tertiary/aromatic N) is 6. The second-order valence-corrected chi connectivity index (χ2v) is 10.6. The van der Waals surface area contributed by atoms with E-state index >= 15 is 0 Å². The number of aryl methyl sites for hydroxylation is 1. The van der Waals surface area contributed by atoms with Gasteiger partial charge in [-0.1, -0.05) is 42.5 Å². The van der Waals surface area contributed by atoms with Crippen molar-refractivity contribution in [1.29, 1.82) is 0 Å². The lowest BCUT2D eigenvalue weighted by Gasteiger charge is -2.11. The summed E-state index contributed by atoms with van der Waals surface area (Å²) in [5.74, 6) is 0.245. The summed E-state index contributed by atoms with van der Waals surface area (Å²) in [4.78, 5) is 17.6. The Morgan fingerprint density at radius 1 is 1.09 bits per heavy atom. The number of fused-ring (bicyclic) bond motifs is 2. The molecule has 4 aromatic rings. The summed E-state index contributed by atoms with van der Waals surface area (Å²) in [6.45, 7) is 2.85. The Morgan fingerprint density at radius 2 is 1.88 bits per heavy atom. The molecule has 0 aliphatic heterocycles. The van der Waals surface area contributed by atoms with E-state index in [4.69, 9.17) is 0 Å². The lowest BCUT2D eigenvalue weighted by molar-refractivity contribution is 0.521. The van der Waals surface area contributed by atoms with Gasteiger partial charge in [0.1, 0.15) is 5.52 Å². The molecule has 0 unspecified atom stereocenters. The van der Waals surface area contributed by atoms with Crippen LogP contribution in [-0.2, 0) is 22.4 Å². The fourth-order valence-corrected chi connectivity index (χ4v) is 5.17. The van der Waals surface area contributed by atoms with E-state index in [1.807, 2.05) is 6.07 Å². The Morgan fingerprint density at radius 3 is 2.62 bits per heavy atom. The third kappa shape index (κ3) is 4.15. The van der Waals surface area contributed by atoms with Crippen LogP contribution in [-0.4, -0.2) is 51.4 Å². The minimum atomic E-state index is -3.56. The van der Waals surface area contributed by atoms with E-state index in [2.05, 4.69) is 26.8 Å². The molecular weight excluding hydrogens is 448 g/mol. The number of sulfonamides is 1. The van der Waals surface area contributed by atoms with Crippen LogP contribution in [0.3, 0.4) is 0 Å². The van der Waals surface area contributed by atoms with Crippen LogP contribution in [0.2, 0.25) is 0 Å². The molecule has 9 nitrogen and oxygen atoms in total. The molecule has 0 fully saturated rings. The molecule has 0 bridgehead atoms. The molecule has 168 valence electrons. The number of aromatic nitrogens is 5. The maximum absolute atomic E-state index is 12.7. The van der Waals surface area contributed by atoms with Gasteiger partial charge in [0.15, 0.2) is 5.16 Å². The summed E-state index contributed by atoms with van der Waals surface area (Å²) in [6, 6.07) is 12.1. The molecule has 0 spiro atoms. The van der Waals surface area contributed by atoms with Gasteiger partial charge in [0.2, 0.25) is 10.0 Å². The molecule has 0 aliphatic rings. The summed E-state index contributed by atoms with van der Waals surface area (Å²) in [6.07, 6.45) is 1.96. The van der Waals surface area contributed by atoms with E-state index in [0.29, 0.717) is 21.6 Å². The monoisotopic (exact) mass is 472 g/mol. The van der Waals surface area contributed by atoms with Crippen molar-refractivity contribution in [2.75, 3.05) is 14.1 Å². The topological polar surface area (TPSA) is 103 Å². The molecule has 32 heavy (non-hydrogen) atoms. The third-order valence-electron chi connectivity index (χ3n) is 5.14. The number of hydrogen-bond donors (Lipinski definition) is 0. The highest BCUT2D eigenvalue weighted by atomic mass is 32.2. The predicted molar refractivity (Wildman–Crippen MR) is 125 cm³/mol. The molecule has 4 rings (SSSR count). The smallest absolute Gasteiger partial charge is 0.278 e. The highest BCUT2D eigenvalue weighted by Gasteiger charge is 2.20. The standard InChI is InChI=1S/C21H24N6O3S2/c1-4-5-12-26-19-11-10-15(32(29,30)25(2)3)13-18(19)22-21(26)31-14-27-20(28)16-8-6-7-9-17(16)23-24-27/h6-11,13H,4-5,12,14H2,1-3H3. The average Bonchev–Trinajstić information content (AvgIpc) is 3.13. The Balaban J connectivity index is 1.71. The Hall–Kier alpha value is -2.76. The number of benzene rings is 2. The van der Waals surface area contributed by atoms with E-state index in [0.717, 1.165) is 24.9 Å². The Bertz CT molecular complexity index is 1440. The van der Waals surface area contributed by atoms with Gasteiger partial charge in [-0.2, -0.15) is 4.68 Å². The molecule has 0 amide bonds. The zero-order valence-electron chi connectivity index (χ0n) is 18.1. The van der Waals surface area contributed by atoms with Crippen LogP contribution in [0.15, 0.2) is 57.3 Å². The van der Waals surface area contributed by atoms with Gasteiger partial charge in [0.25, 0.3) is 5.56 Å². The van der Waals surface area contributed by atoms with Gasteiger partial charge in [0.05, 0.1) is 27.2 Å². The molecule has 2 aromatic carbocycles. The van der Waals surface area contributed by atoms with Crippen LogP contribution in [0.4, 0.5) is 0 Å². The van der Waals surface area contributed by atoms with Crippen LogP contribution in [0.25, 0.3) is 21.9 Å². The fraction of sp³-hybridized carbons (Fsp3) is 0.333. The Labute approximate surface area is 190 Å². The van der Waals surface area contributed by atoms with E-state index in [1.165, 1.54) is 34.8 Å². The third-order valence-corrected chi connectivity index (χ3v) is 7.90. The van der Waals surface area contributed by atoms with Crippen molar-refractivity contribution < 1.29 is 8.42 Å². The van der Waals surface area contributed by atoms with Crippen molar-refractivity contribution in [1.82, 2.24) is 28.9 Å². The second-order valence-electron chi connectivity index (χ2n) is 7.52. The fourth-order valence-electron chi connectivity index (χ4n) is 3.33. The number of imidazole rings is 1. The first-order valence-electron chi connectivity index (χ1n) is 10.2. The van der Waals surface area contributed by atoms with Crippen molar-refractivity contribution in [3.05, 3.63) is 52.8 Å². The Kier molecular flexibility index (Phi) is 6.31. The summed E-state index contributed by atoms with van der Waals surface area (Å²) in [5.41, 5.74) is 1.81. The average molecular weight is 473 g/mol. The molecule has 11 heteroatoms. The maximum atomic E-state index is 12.7. The van der Waals surface area contributed by atoms with Crippen molar-refractivity contribution >= 4 is 43.7 Å². The summed E-state index contributed by atoms with van der Waals surface area (Å²) >= 11 is 1.37. The van der Waals surface area contributed by atoms with Gasteiger partial charge in [-0.15, -0.1) is 5.10 Å². The number of unbranched alkanes of at least 4 members (excludes halogenated alkanes) is 1. The molecule has 0 radical (unpaired) electrons. The van der Waals surface area contributed by atoms with E-state index < -0.39 is 10.0 Å². The second kappa shape index (κ2) is 9.00. The highest BCUT2D eigenvalue weighted by molar-refractivity contribution is 7.98. The minimum absolute atomic E-state index is 0.198. The lowest BCUT2D eigenvalue weighted by atomic mass is 10.2. The van der Waals surface area contributed by atoms with E-state index in [9.17, 15) is 13.2 Å². The number of thioether (sulfide) groups is 1. The van der Waals surface area contributed by atoms with E-state index in [1.54, 1.807) is 36.4 Å². The lowest BCUT2D eigenvalue weighted by Crippen LogP contribution is -2.23. The van der Waals surface area contributed by atoms with Crippen molar-refractivity contribution in [3.63, 3.8) is 0 Å². The van der Waals surface area contributed by atoms with Crippen LogP contribution in [0, 0.1) is 0 Å². The number of hydrogen-bond acceptors (Lipinski definition) is 7. The van der Waals surface area contributed by atoms with Gasteiger partial charge >= 0.3 is 0 Å². The summed E-state index contributed by atoms with van der Waals surface area (Å²) in [7, 11) is -0.551. The summed E-state index contributed by atoms with van der Waals surface area (Å²) < 4.78 is 29.6. The van der Waals surface area contributed by atoms with Crippen LogP contribution in [0.1, 0.15) is 19.8 Å². The maximum Gasteiger partial charge on any atom is 0.278 e. The molecule has 2 aromatic heterocycles. The highest BCUT2D eigenvalue weighted by Crippen LogP contribution is 2.28. The molecule has 0 atom stereocenters. The molecule has 0 aliphatic carbocycles. The molecule has 0 saturated carbocycles. The molecular formula is C21H24N6O3S2. The molecule has 0 N–H and O–H groups in total. The normalized spacial score (nSPS) is 12.2. The van der Waals surface area contributed by atoms with Crippen molar-refractivity contribution in [3.8, 4) is 0 Å². The van der Waals surface area contributed by atoms with Crippen LogP contribution < -0.4 is 5.56 Å². The quantitative estimate of drug-likeness (QED) is 0.363. The van der Waals surface area contributed by atoms with Gasteiger partial charge in [0, 0.05) is 20.6 Å². The largest absolute Gasteiger partial charge is 0.319 e. The minimum Gasteiger partial charge on any atom is -0.319 e. The first-order chi connectivity index (χ1) is 15.3. The van der Waals surface area contributed by atoms with Gasteiger partial charge in [-0.05, 0) is 36.8 Å². The van der Waals surface area contributed by atoms with Crippen molar-refractivity contribution in [2.45, 2.75) is 42.2 Å². The zero-order chi connectivity index (χ0) is 22.9. The van der Waals surface area contributed by atoms with Gasteiger partial charge < -0.3 is 4.57 Å². The summed E-state index contributed by atoms with van der Waals surface area (Å²) in [5, 5.41) is 9.39. The molecule has 2 heterocycles. The zero-order valence-corrected chi connectivity index (χ0v) is 19.7. The molecule has 0 saturated heterocycles. The van der Waals surface area contributed by atoms with E-state index in [-0.39, 0.29) is 16.3 Å². The number of rotatable bonds is 8. The first-order valence-corrected chi connectivity index (χ1v) is 12.6. The van der Waals surface area contributed by atoms with Gasteiger partial charge in [-0.25, -0.2) is 17.7 Å². The SMILES string of the molecule is CCCCn1c(SCn2nnc3ccccc3c2=O)nc2cc(S(=O)(=O)N(C)C)ccc21. The van der Waals surface area contributed by atoms with Crippen molar-refractivity contribution in [2.24, 2.45) is 0 Å². The first kappa shape index (κ1) is 22.4. The van der Waals surface area contributed by atoms with Crippen LogP contribution >= 0.6 is 11.8 Å². The van der Waals surface area contributed by atoms with Crippen LogP contribution in [0.5, 0.6) is 0 Å². The predicted octanol–water partition coefficient (Wildman–Crippen LogP) is 2.94. The van der Waals surface area contributed by atoms with Gasteiger partial charge in [-0.3, -0.25) is 4.79 Å².